The van der Waals surface area contributed by atoms with Gasteiger partial charge in [0.05, 0.1) is 4.75 Å². The van der Waals surface area contributed by atoms with Gasteiger partial charge in [-0.2, -0.15) is 0 Å². The average Bonchev–Trinajstić information content (AvgIpc) is 3.27. The SMILES string of the molecule is CCCCS[C@@]1(c2ccc(-c3ccccc3)cc2)C[C@@H](C(=O)O)N(C(=O)C(NC(=O)OC(C)(C)C)C(C)(C)C)C1. The van der Waals surface area contributed by atoms with Crippen LogP contribution in [0.15, 0.2) is 54.6 Å². The van der Waals surface area contributed by atoms with Gasteiger partial charge in [0.2, 0.25) is 5.91 Å². The standard InChI is InChI=1S/C32H44N2O5S/c1-8-9-19-40-32(24-17-15-23(16-18-24)22-13-11-10-12-14-22)20-25(28(36)37)34(21-32)27(35)26(30(2,3)4)33-29(38)39-31(5,6)7/h10-18,25-26H,8-9,19-21H2,1-7H3,(H,33,38)(H,36,37)/t25-,26?,32-/m0/s1. The number of carbonyl (C=O) groups excluding carboxylic acids is 2. The maximum atomic E-state index is 14.1. The highest BCUT2D eigenvalue weighted by atomic mass is 32.2. The molecule has 1 saturated heterocycles. The Labute approximate surface area is 243 Å². The van der Waals surface area contributed by atoms with Crippen LogP contribution in [-0.2, 0) is 19.1 Å². The monoisotopic (exact) mass is 568 g/mol. The number of carboxylic acid groups (broad SMARTS) is 1. The Morgan fingerprint density at radius 3 is 2.15 bits per heavy atom. The highest BCUT2D eigenvalue weighted by Crippen LogP contribution is 2.48. The molecule has 218 valence electrons. The quantitative estimate of drug-likeness (QED) is 0.327. The van der Waals surface area contributed by atoms with Crippen LogP contribution in [0.3, 0.4) is 0 Å². The topological polar surface area (TPSA) is 95.9 Å². The maximum absolute atomic E-state index is 14.1. The zero-order valence-electron chi connectivity index (χ0n) is 24.8. The molecule has 3 rings (SSSR count). The number of hydrogen-bond acceptors (Lipinski definition) is 5. The zero-order valence-corrected chi connectivity index (χ0v) is 25.6. The number of alkyl carbamates (subject to hydrolysis) is 1. The van der Waals surface area contributed by atoms with Gasteiger partial charge in [-0.1, -0.05) is 88.7 Å². The van der Waals surface area contributed by atoms with Gasteiger partial charge in [0.1, 0.15) is 17.7 Å². The molecule has 1 fully saturated rings. The lowest BCUT2D eigenvalue weighted by Crippen LogP contribution is -2.57. The average molecular weight is 569 g/mol. The van der Waals surface area contributed by atoms with Crippen molar-refractivity contribution in [3.8, 4) is 11.1 Å². The fraction of sp³-hybridized carbons (Fsp3) is 0.531. The number of carboxylic acids is 1. The van der Waals surface area contributed by atoms with Crippen molar-refractivity contribution in [2.45, 2.75) is 90.2 Å². The molecule has 0 aromatic heterocycles. The fourth-order valence-corrected chi connectivity index (χ4v) is 6.60. The molecule has 2 amide bonds. The van der Waals surface area contributed by atoms with Crippen molar-refractivity contribution in [1.82, 2.24) is 10.2 Å². The third-order valence-electron chi connectivity index (χ3n) is 7.06. The Kier molecular flexibility index (Phi) is 9.99. The molecule has 8 heteroatoms. The third-order valence-corrected chi connectivity index (χ3v) is 8.64. The summed E-state index contributed by atoms with van der Waals surface area (Å²) in [6, 6.07) is 16.4. The predicted octanol–water partition coefficient (Wildman–Crippen LogP) is 6.71. The molecule has 7 nitrogen and oxygen atoms in total. The smallest absolute Gasteiger partial charge is 0.408 e. The second-order valence-corrected chi connectivity index (χ2v) is 14.1. The summed E-state index contributed by atoms with van der Waals surface area (Å²) in [4.78, 5) is 40.8. The van der Waals surface area contributed by atoms with E-state index in [0.29, 0.717) is 0 Å². The van der Waals surface area contributed by atoms with E-state index in [-0.39, 0.29) is 13.0 Å². The van der Waals surface area contributed by atoms with Gasteiger partial charge in [0, 0.05) is 6.54 Å². The van der Waals surface area contributed by atoms with Crippen LogP contribution in [0.4, 0.5) is 4.79 Å². The fourth-order valence-electron chi connectivity index (χ4n) is 4.97. The summed E-state index contributed by atoms with van der Waals surface area (Å²) in [5.41, 5.74) is 1.78. The van der Waals surface area contributed by atoms with Gasteiger partial charge in [-0.05, 0) is 61.5 Å². The minimum atomic E-state index is -1.04. The van der Waals surface area contributed by atoms with Crippen LogP contribution in [0.1, 0.15) is 73.3 Å². The Balaban J connectivity index is 1.97. The molecular weight excluding hydrogens is 524 g/mol. The van der Waals surface area contributed by atoms with Crippen LogP contribution in [0.5, 0.6) is 0 Å². The number of hydrogen-bond donors (Lipinski definition) is 2. The summed E-state index contributed by atoms with van der Waals surface area (Å²) in [6.07, 6.45) is 1.60. The van der Waals surface area contributed by atoms with Gasteiger partial charge in [0.25, 0.3) is 0 Å². The van der Waals surface area contributed by atoms with Crippen LogP contribution in [0, 0.1) is 5.41 Å². The first-order valence-corrected chi connectivity index (χ1v) is 15.0. The summed E-state index contributed by atoms with van der Waals surface area (Å²) in [7, 11) is 0. The number of likely N-dealkylation sites (tertiary alicyclic amines) is 1. The van der Waals surface area contributed by atoms with E-state index in [4.69, 9.17) is 4.74 Å². The largest absolute Gasteiger partial charge is 0.480 e. The van der Waals surface area contributed by atoms with Crippen LogP contribution in [-0.4, -0.2) is 58.0 Å². The first-order chi connectivity index (χ1) is 18.7. The number of benzene rings is 2. The summed E-state index contributed by atoms with van der Waals surface area (Å²) < 4.78 is 4.85. The molecule has 0 spiro atoms. The molecule has 1 heterocycles. The van der Waals surface area contributed by atoms with Crippen molar-refractivity contribution >= 4 is 29.7 Å². The van der Waals surface area contributed by atoms with Crippen molar-refractivity contribution < 1.29 is 24.2 Å². The molecule has 0 aliphatic carbocycles. The summed E-state index contributed by atoms with van der Waals surface area (Å²) in [5, 5.41) is 13.0. The third kappa shape index (κ3) is 7.80. The molecule has 2 aromatic rings. The van der Waals surface area contributed by atoms with E-state index < -0.39 is 45.8 Å². The zero-order chi connectivity index (χ0) is 29.7. The number of nitrogens with one attached hydrogen (secondary N) is 1. The minimum Gasteiger partial charge on any atom is -0.480 e. The first kappa shape index (κ1) is 31.5. The van der Waals surface area contributed by atoms with Gasteiger partial charge in [-0.25, -0.2) is 9.59 Å². The number of ether oxygens (including phenoxy) is 1. The van der Waals surface area contributed by atoms with E-state index in [1.54, 1.807) is 32.5 Å². The normalized spacial score (nSPS) is 20.2. The van der Waals surface area contributed by atoms with Gasteiger partial charge >= 0.3 is 12.1 Å². The van der Waals surface area contributed by atoms with Gasteiger partial charge in [-0.15, -0.1) is 11.8 Å². The summed E-state index contributed by atoms with van der Waals surface area (Å²) >= 11 is 1.72. The molecule has 1 aliphatic rings. The number of amides is 2. The summed E-state index contributed by atoms with van der Waals surface area (Å²) in [6.45, 7) is 13.2. The van der Waals surface area contributed by atoms with E-state index in [1.807, 2.05) is 39.0 Å². The molecular formula is C32H44N2O5S. The van der Waals surface area contributed by atoms with E-state index in [1.165, 1.54) is 4.90 Å². The highest BCUT2D eigenvalue weighted by molar-refractivity contribution is 8.00. The van der Waals surface area contributed by atoms with E-state index >= 15 is 0 Å². The van der Waals surface area contributed by atoms with Crippen LogP contribution in [0.2, 0.25) is 0 Å². The van der Waals surface area contributed by atoms with Crippen LogP contribution < -0.4 is 5.32 Å². The molecule has 3 atom stereocenters. The van der Waals surface area contributed by atoms with Crippen LogP contribution >= 0.6 is 11.8 Å². The molecule has 0 saturated carbocycles. The number of nitrogens with zero attached hydrogens (tertiary/aromatic N) is 1. The molecule has 2 N–H and O–H groups in total. The van der Waals surface area contributed by atoms with Gasteiger partial charge in [0.15, 0.2) is 0 Å². The molecule has 0 radical (unpaired) electrons. The molecule has 0 bridgehead atoms. The van der Waals surface area contributed by atoms with E-state index in [9.17, 15) is 19.5 Å². The number of aliphatic carboxylic acids is 1. The number of carbonyl (C=O) groups is 3. The van der Waals surface area contributed by atoms with Crippen molar-refractivity contribution in [2.75, 3.05) is 12.3 Å². The predicted molar refractivity (Wildman–Crippen MR) is 161 cm³/mol. The summed E-state index contributed by atoms with van der Waals surface area (Å²) in [5.74, 6) is -0.605. The van der Waals surface area contributed by atoms with Gasteiger partial charge < -0.3 is 20.1 Å². The number of rotatable bonds is 9. The lowest BCUT2D eigenvalue weighted by molar-refractivity contribution is -0.150. The molecule has 40 heavy (non-hydrogen) atoms. The number of thioether (sulfide) groups is 1. The molecule has 2 aromatic carbocycles. The van der Waals surface area contributed by atoms with E-state index in [2.05, 4.69) is 48.6 Å². The van der Waals surface area contributed by atoms with Crippen molar-refractivity contribution in [1.29, 1.82) is 0 Å². The second-order valence-electron chi connectivity index (χ2n) is 12.6. The first-order valence-electron chi connectivity index (χ1n) is 14.0. The molecule has 1 aliphatic heterocycles. The van der Waals surface area contributed by atoms with Crippen molar-refractivity contribution in [3.05, 3.63) is 60.2 Å². The van der Waals surface area contributed by atoms with Gasteiger partial charge in [-0.3, -0.25) is 4.79 Å². The Hall–Kier alpha value is -3.00. The highest BCUT2D eigenvalue weighted by Gasteiger charge is 2.52. The second kappa shape index (κ2) is 12.7. The lowest BCUT2D eigenvalue weighted by atomic mass is 9.85. The Bertz CT molecular complexity index is 1170. The van der Waals surface area contributed by atoms with Crippen LogP contribution in [0.25, 0.3) is 11.1 Å². The minimum absolute atomic E-state index is 0.241. The number of unbranched alkanes of at least 4 members (excludes halogenated alkanes) is 1. The lowest BCUT2D eigenvalue weighted by Gasteiger charge is -2.36. The Morgan fingerprint density at radius 2 is 1.62 bits per heavy atom. The van der Waals surface area contributed by atoms with Crippen molar-refractivity contribution in [2.24, 2.45) is 5.41 Å². The molecule has 1 unspecified atom stereocenters. The Morgan fingerprint density at radius 1 is 1.02 bits per heavy atom. The maximum Gasteiger partial charge on any atom is 0.408 e. The van der Waals surface area contributed by atoms with Crippen molar-refractivity contribution in [3.63, 3.8) is 0 Å². The van der Waals surface area contributed by atoms with E-state index in [0.717, 1.165) is 35.3 Å².